The number of anilines is 1. The summed E-state index contributed by atoms with van der Waals surface area (Å²) in [5.41, 5.74) is 2.62. The van der Waals surface area contributed by atoms with E-state index in [-0.39, 0.29) is 17.3 Å². The fourth-order valence-electron chi connectivity index (χ4n) is 2.75. The quantitative estimate of drug-likeness (QED) is 0.461. The first-order valence-electron chi connectivity index (χ1n) is 8.22. The van der Waals surface area contributed by atoms with Crippen LogP contribution in [0.2, 0.25) is 0 Å². The molecule has 0 atom stereocenters. The van der Waals surface area contributed by atoms with Crippen LogP contribution in [0.1, 0.15) is 5.82 Å². The maximum atomic E-state index is 12.3. The summed E-state index contributed by atoms with van der Waals surface area (Å²) >= 11 is 1.31. The van der Waals surface area contributed by atoms with Crippen LogP contribution in [0.15, 0.2) is 58.5 Å². The molecular formula is C18H16N6O2S. The summed E-state index contributed by atoms with van der Waals surface area (Å²) in [5, 5.41) is 11.8. The molecule has 0 fully saturated rings. The highest BCUT2D eigenvalue weighted by atomic mass is 32.2. The lowest BCUT2D eigenvalue weighted by molar-refractivity contribution is -0.113. The summed E-state index contributed by atoms with van der Waals surface area (Å²) in [7, 11) is 0. The van der Waals surface area contributed by atoms with Gasteiger partial charge in [-0.25, -0.2) is 4.79 Å². The molecule has 136 valence electrons. The van der Waals surface area contributed by atoms with Crippen molar-refractivity contribution in [2.24, 2.45) is 0 Å². The molecule has 0 radical (unpaired) electrons. The normalized spacial score (nSPS) is 11.0. The summed E-state index contributed by atoms with van der Waals surface area (Å²) in [5.74, 6) is 0.774. The molecule has 4 rings (SSSR count). The van der Waals surface area contributed by atoms with Crippen LogP contribution >= 0.6 is 11.8 Å². The minimum absolute atomic E-state index is 0.169. The van der Waals surface area contributed by atoms with Crippen molar-refractivity contribution in [1.29, 1.82) is 0 Å². The van der Waals surface area contributed by atoms with Crippen molar-refractivity contribution in [2.75, 3.05) is 11.1 Å². The Kier molecular flexibility index (Phi) is 4.51. The Morgan fingerprint density at radius 1 is 1.11 bits per heavy atom. The number of carbonyl (C=O) groups is 1. The number of nitrogens with zero attached hydrogens (tertiary/aromatic N) is 3. The van der Waals surface area contributed by atoms with Gasteiger partial charge >= 0.3 is 5.69 Å². The molecule has 0 saturated carbocycles. The van der Waals surface area contributed by atoms with Crippen LogP contribution in [0.4, 0.5) is 5.69 Å². The number of hydrogen-bond acceptors (Lipinski definition) is 5. The molecule has 8 nitrogen and oxygen atoms in total. The fraction of sp³-hybridized carbons (Fsp3) is 0.111. The van der Waals surface area contributed by atoms with Crippen LogP contribution in [0.3, 0.4) is 0 Å². The third-order valence-electron chi connectivity index (χ3n) is 3.94. The van der Waals surface area contributed by atoms with E-state index in [9.17, 15) is 9.59 Å². The number of aromatic amines is 2. The molecule has 3 N–H and O–H groups in total. The highest BCUT2D eigenvalue weighted by Crippen LogP contribution is 2.22. The van der Waals surface area contributed by atoms with Crippen molar-refractivity contribution in [2.45, 2.75) is 12.1 Å². The second-order valence-corrected chi connectivity index (χ2v) is 6.82. The molecule has 2 aromatic heterocycles. The molecule has 0 bridgehead atoms. The Labute approximate surface area is 158 Å². The third-order valence-corrected chi connectivity index (χ3v) is 4.87. The number of H-pyrrole nitrogens is 2. The predicted molar refractivity (Wildman–Crippen MR) is 104 cm³/mol. The minimum atomic E-state index is -0.278. The smallest absolute Gasteiger partial charge is 0.323 e. The van der Waals surface area contributed by atoms with Crippen molar-refractivity contribution in [1.82, 2.24) is 24.7 Å². The summed E-state index contributed by atoms with van der Waals surface area (Å²) < 4.78 is 1.91. The number of hydrogen-bond donors (Lipinski definition) is 3. The first-order chi connectivity index (χ1) is 13.1. The number of para-hydroxylation sites is 1. The lowest BCUT2D eigenvalue weighted by Crippen LogP contribution is -2.14. The number of aryl methyl sites for hydroxylation is 1. The van der Waals surface area contributed by atoms with Gasteiger partial charge < -0.3 is 15.3 Å². The van der Waals surface area contributed by atoms with Crippen LogP contribution < -0.4 is 11.0 Å². The number of benzene rings is 2. The van der Waals surface area contributed by atoms with E-state index >= 15 is 0 Å². The molecule has 0 aliphatic carbocycles. The molecule has 2 heterocycles. The van der Waals surface area contributed by atoms with Crippen molar-refractivity contribution < 1.29 is 4.79 Å². The largest absolute Gasteiger partial charge is 0.325 e. The minimum Gasteiger partial charge on any atom is -0.325 e. The maximum absolute atomic E-state index is 12.3. The monoisotopic (exact) mass is 380 g/mol. The summed E-state index contributed by atoms with van der Waals surface area (Å²) in [6, 6.07) is 15.0. The van der Waals surface area contributed by atoms with Gasteiger partial charge in [-0.1, -0.05) is 30.0 Å². The molecule has 9 heteroatoms. The zero-order valence-corrected chi connectivity index (χ0v) is 15.2. The molecule has 27 heavy (non-hydrogen) atoms. The number of aromatic nitrogens is 5. The van der Waals surface area contributed by atoms with E-state index in [0.717, 1.165) is 11.5 Å². The van der Waals surface area contributed by atoms with Crippen LogP contribution in [0.5, 0.6) is 0 Å². The van der Waals surface area contributed by atoms with Gasteiger partial charge in [0.05, 0.1) is 16.8 Å². The highest BCUT2D eigenvalue weighted by molar-refractivity contribution is 7.99. The summed E-state index contributed by atoms with van der Waals surface area (Å²) in [6.45, 7) is 1.87. The van der Waals surface area contributed by atoms with Crippen LogP contribution in [0, 0.1) is 6.92 Å². The van der Waals surface area contributed by atoms with Gasteiger partial charge in [0.15, 0.2) is 5.16 Å². The lowest BCUT2D eigenvalue weighted by Gasteiger charge is -2.08. The average Bonchev–Trinajstić information content (AvgIpc) is 3.21. The zero-order chi connectivity index (χ0) is 18.8. The van der Waals surface area contributed by atoms with Crippen molar-refractivity contribution in [3.8, 4) is 5.69 Å². The van der Waals surface area contributed by atoms with Crippen molar-refractivity contribution in [3.63, 3.8) is 0 Å². The lowest BCUT2D eigenvalue weighted by atomic mass is 10.3. The zero-order valence-electron chi connectivity index (χ0n) is 14.4. The van der Waals surface area contributed by atoms with Gasteiger partial charge in [-0.2, -0.15) is 0 Å². The van der Waals surface area contributed by atoms with E-state index in [1.165, 1.54) is 11.8 Å². The Hall–Kier alpha value is -3.33. The molecule has 1 amide bonds. The first kappa shape index (κ1) is 17.1. The molecule has 0 unspecified atom stereocenters. The number of nitrogens with one attached hydrogen (secondary N) is 3. The maximum Gasteiger partial charge on any atom is 0.323 e. The molecule has 0 spiro atoms. The Balaban J connectivity index is 1.46. The number of fused-ring (bicyclic) bond motifs is 1. The van der Waals surface area contributed by atoms with Gasteiger partial charge in [0, 0.05) is 11.4 Å². The van der Waals surface area contributed by atoms with E-state index in [1.54, 1.807) is 18.2 Å². The van der Waals surface area contributed by atoms with Crippen molar-refractivity contribution >= 4 is 34.4 Å². The number of imidazole rings is 1. The van der Waals surface area contributed by atoms with Crippen molar-refractivity contribution in [3.05, 3.63) is 64.8 Å². The van der Waals surface area contributed by atoms with E-state index in [1.807, 2.05) is 41.8 Å². The van der Waals surface area contributed by atoms with Gasteiger partial charge in [-0.05, 0) is 37.3 Å². The van der Waals surface area contributed by atoms with Gasteiger partial charge in [-0.15, -0.1) is 10.2 Å². The van der Waals surface area contributed by atoms with E-state index in [4.69, 9.17) is 0 Å². The van der Waals surface area contributed by atoms with Gasteiger partial charge in [-0.3, -0.25) is 9.36 Å². The Morgan fingerprint density at radius 2 is 1.89 bits per heavy atom. The first-order valence-corrected chi connectivity index (χ1v) is 9.21. The topological polar surface area (TPSA) is 108 Å². The van der Waals surface area contributed by atoms with Gasteiger partial charge in [0.1, 0.15) is 5.82 Å². The standard InChI is InChI=1S/C18H16N6O2S/c1-11-22-23-18(24(11)13-5-3-2-4-6-13)27-10-16(25)19-12-7-8-14-15(9-12)21-17(26)20-14/h2-9H,10H2,1H3,(H,19,25)(H2,20,21,26). The molecular weight excluding hydrogens is 364 g/mol. The van der Waals surface area contributed by atoms with Crippen LogP contribution in [-0.4, -0.2) is 36.4 Å². The van der Waals surface area contributed by atoms with Gasteiger partial charge in [0.2, 0.25) is 5.91 Å². The highest BCUT2D eigenvalue weighted by Gasteiger charge is 2.13. The molecule has 0 saturated heterocycles. The van der Waals surface area contributed by atoms with E-state index < -0.39 is 0 Å². The number of carbonyl (C=O) groups excluding carboxylic acids is 1. The predicted octanol–water partition coefficient (Wildman–Crippen LogP) is 2.48. The van der Waals surface area contributed by atoms with Crippen LogP contribution in [0.25, 0.3) is 16.7 Å². The second kappa shape index (κ2) is 7.12. The van der Waals surface area contributed by atoms with Gasteiger partial charge in [0.25, 0.3) is 0 Å². The third kappa shape index (κ3) is 3.63. The summed E-state index contributed by atoms with van der Waals surface area (Å²) in [6.07, 6.45) is 0. The number of amides is 1. The van der Waals surface area contributed by atoms with E-state index in [0.29, 0.717) is 21.9 Å². The number of thioether (sulfide) groups is 1. The molecule has 0 aliphatic rings. The molecule has 0 aliphatic heterocycles. The molecule has 4 aromatic rings. The summed E-state index contributed by atoms with van der Waals surface area (Å²) in [4.78, 5) is 29.0. The molecule has 2 aromatic carbocycles. The Morgan fingerprint density at radius 3 is 2.70 bits per heavy atom. The van der Waals surface area contributed by atoms with Crippen LogP contribution in [-0.2, 0) is 4.79 Å². The second-order valence-electron chi connectivity index (χ2n) is 5.88. The Bertz CT molecular complexity index is 1160. The van der Waals surface area contributed by atoms with E-state index in [2.05, 4.69) is 25.5 Å². The average molecular weight is 380 g/mol. The SMILES string of the molecule is Cc1nnc(SCC(=O)Nc2ccc3[nH]c(=O)[nH]c3c2)n1-c1ccccc1. The fourth-order valence-corrected chi connectivity index (χ4v) is 3.55. The number of rotatable bonds is 5.